The molecule has 0 saturated heterocycles. The van der Waals surface area contributed by atoms with Gasteiger partial charge in [0.2, 0.25) is 5.66 Å². The number of hydrogen-bond acceptors (Lipinski definition) is 4. The second-order valence-corrected chi connectivity index (χ2v) is 1.50. The van der Waals surface area contributed by atoms with Crippen LogP contribution in [0, 0.1) is 0 Å². The molecule has 0 aromatic rings. The summed E-state index contributed by atoms with van der Waals surface area (Å²) in [5, 5.41) is 23.4. The zero-order valence-electron chi connectivity index (χ0n) is 3.70. The molecule has 0 aliphatic carbocycles. The molecular formula is C3H6N2O2. The van der Waals surface area contributed by atoms with Gasteiger partial charge in [-0.15, -0.1) is 0 Å². The van der Waals surface area contributed by atoms with Crippen LogP contribution < -0.4 is 0 Å². The molecule has 4 heteroatoms. The number of aliphatic hydroxyl groups is 2. The molecule has 1 heterocycles. The summed E-state index contributed by atoms with van der Waals surface area (Å²) in [6.07, 6.45) is 0. The van der Waals surface area contributed by atoms with Gasteiger partial charge in [0.1, 0.15) is 0 Å². The number of nitrogens with zero attached hydrogens (tertiary/aromatic N) is 2. The summed E-state index contributed by atoms with van der Waals surface area (Å²) in [4.78, 5) is 0. The summed E-state index contributed by atoms with van der Waals surface area (Å²) in [5.74, 6) is 0. The van der Waals surface area contributed by atoms with Gasteiger partial charge in [-0.05, 0) is 0 Å². The number of rotatable bonds is 2. The molecule has 4 nitrogen and oxygen atoms in total. The lowest BCUT2D eigenvalue weighted by Crippen LogP contribution is -2.20. The maximum absolute atomic E-state index is 8.31. The smallest absolute Gasteiger partial charge is 0.236 e. The van der Waals surface area contributed by atoms with Crippen molar-refractivity contribution in [3.8, 4) is 0 Å². The molecular weight excluding hydrogens is 96.0 g/mol. The molecule has 0 aromatic carbocycles. The molecule has 40 valence electrons. The zero-order chi connectivity index (χ0) is 5.33. The highest BCUT2D eigenvalue weighted by molar-refractivity contribution is 4.91. The quantitative estimate of drug-likeness (QED) is 0.476. The first kappa shape index (κ1) is 4.67. The molecule has 0 aromatic heterocycles. The lowest BCUT2D eigenvalue weighted by molar-refractivity contribution is 0.169. The van der Waals surface area contributed by atoms with E-state index in [0.29, 0.717) is 0 Å². The van der Waals surface area contributed by atoms with Crippen molar-refractivity contribution < 1.29 is 10.2 Å². The predicted molar refractivity (Wildman–Crippen MR) is 21.8 cm³/mol. The average molecular weight is 102 g/mol. The van der Waals surface area contributed by atoms with Crippen molar-refractivity contribution >= 4 is 0 Å². The SMILES string of the molecule is OCC1(CO)N=N1. The van der Waals surface area contributed by atoms with Crippen LogP contribution in [-0.2, 0) is 0 Å². The molecule has 2 N–H and O–H groups in total. The molecule has 0 unspecified atom stereocenters. The first-order valence-electron chi connectivity index (χ1n) is 1.99. The third kappa shape index (κ3) is 0.618. The van der Waals surface area contributed by atoms with E-state index in [1.54, 1.807) is 0 Å². The first-order chi connectivity index (χ1) is 3.33. The van der Waals surface area contributed by atoms with Gasteiger partial charge in [0.25, 0.3) is 0 Å². The maximum atomic E-state index is 8.31. The third-order valence-electron chi connectivity index (χ3n) is 0.889. The minimum Gasteiger partial charge on any atom is -0.392 e. The average Bonchev–Trinajstić information content (AvgIpc) is 2.46. The van der Waals surface area contributed by atoms with Gasteiger partial charge in [-0.2, -0.15) is 10.2 Å². The Morgan fingerprint density at radius 1 is 1.14 bits per heavy atom. The van der Waals surface area contributed by atoms with E-state index >= 15 is 0 Å². The number of aliphatic hydroxyl groups excluding tert-OH is 2. The van der Waals surface area contributed by atoms with Gasteiger partial charge in [0.15, 0.2) is 0 Å². The number of hydrogen-bond donors (Lipinski definition) is 2. The summed E-state index contributed by atoms with van der Waals surface area (Å²) in [6.45, 7) is -0.354. The highest BCUT2D eigenvalue weighted by Gasteiger charge is 2.38. The standard InChI is InChI=1S/C3H6N2O2/c6-1-3(2-7)4-5-3/h6-7H,1-2H2. The van der Waals surface area contributed by atoms with Crippen LogP contribution in [0.25, 0.3) is 0 Å². The molecule has 0 atom stereocenters. The Labute approximate surface area is 40.5 Å². The monoisotopic (exact) mass is 102 g/mol. The van der Waals surface area contributed by atoms with Gasteiger partial charge in [-0.3, -0.25) is 0 Å². The van der Waals surface area contributed by atoms with Crippen LogP contribution in [0.5, 0.6) is 0 Å². The van der Waals surface area contributed by atoms with Crippen LogP contribution >= 0.6 is 0 Å². The normalized spacial score (nSPS) is 22.6. The van der Waals surface area contributed by atoms with Crippen molar-refractivity contribution in [2.24, 2.45) is 10.2 Å². The van der Waals surface area contributed by atoms with Crippen LogP contribution in [0.4, 0.5) is 0 Å². The van der Waals surface area contributed by atoms with Crippen molar-refractivity contribution in [1.82, 2.24) is 0 Å². The van der Waals surface area contributed by atoms with E-state index in [0.717, 1.165) is 0 Å². The Kier molecular flexibility index (Phi) is 0.831. The van der Waals surface area contributed by atoms with Crippen LogP contribution in [0.2, 0.25) is 0 Å². The van der Waals surface area contributed by atoms with E-state index in [-0.39, 0.29) is 13.2 Å². The summed E-state index contributed by atoms with van der Waals surface area (Å²) in [5.41, 5.74) is -0.806. The molecule has 1 aliphatic heterocycles. The van der Waals surface area contributed by atoms with Crippen molar-refractivity contribution in [2.45, 2.75) is 5.66 Å². The van der Waals surface area contributed by atoms with Gasteiger partial charge >= 0.3 is 0 Å². The van der Waals surface area contributed by atoms with Gasteiger partial charge in [0, 0.05) is 0 Å². The first-order valence-corrected chi connectivity index (χ1v) is 1.99. The fourth-order valence-electron chi connectivity index (χ4n) is 0.247. The Bertz CT molecular complexity index is 89.1. The summed E-state index contributed by atoms with van der Waals surface area (Å²) >= 11 is 0. The van der Waals surface area contributed by atoms with E-state index in [4.69, 9.17) is 10.2 Å². The minimum atomic E-state index is -0.806. The molecule has 1 aliphatic rings. The highest BCUT2D eigenvalue weighted by atomic mass is 16.3. The lowest BCUT2D eigenvalue weighted by Gasteiger charge is -1.96. The minimum absolute atomic E-state index is 0.177. The molecule has 0 amide bonds. The molecule has 7 heavy (non-hydrogen) atoms. The van der Waals surface area contributed by atoms with Crippen LogP contribution in [0.1, 0.15) is 0 Å². The summed E-state index contributed by atoms with van der Waals surface area (Å²) in [7, 11) is 0. The Morgan fingerprint density at radius 2 is 1.57 bits per heavy atom. The fourth-order valence-corrected chi connectivity index (χ4v) is 0.247. The van der Waals surface area contributed by atoms with Gasteiger partial charge in [-0.1, -0.05) is 0 Å². The van der Waals surface area contributed by atoms with E-state index in [1.807, 2.05) is 0 Å². The second kappa shape index (κ2) is 1.24. The van der Waals surface area contributed by atoms with Gasteiger partial charge < -0.3 is 10.2 Å². The molecule has 0 saturated carbocycles. The Hall–Kier alpha value is -0.480. The molecule has 0 spiro atoms. The molecule has 1 rings (SSSR count). The van der Waals surface area contributed by atoms with Crippen molar-refractivity contribution in [2.75, 3.05) is 13.2 Å². The lowest BCUT2D eigenvalue weighted by atomic mass is 10.3. The second-order valence-electron chi connectivity index (χ2n) is 1.50. The van der Waals surface area contributed by atoms with E-state index in [9.17, 15) is 0 Å². The zero-order valence-corrected chi connectivity index (χ0v) is 3.70. The Balaban J connectivity index is 2.31. The maximum Gasteiger partial charge on any atom is 0.236 e. The predicted octanol–water partition coefficient (Wildman–Crippen LogP) is -0.867. The van der Waals surface area contributed by atoms with Crippen molar-refractivity contribution in [1.29, 1.82) is 0 Å². The molecule has 0 radical (unpaired) electrons. The summed E-state index contributed by atoms with van der Waals surface area (Å²) < 4.78 is 0. The molecule has 0 bridgehead atoms. The largest absolute Gasteiger partial charge is 0.392 e. The van der Waals surface area contributed by atoms with Gasteiger partial charge in [-0.25, -0.2) is 0 Å². The van der Waals surface area contributed by atoms with Crippen molar-refractivity contribution in [3.05, 3.63) is 0 Å². The van der Waals surface area contributed by atoms with Crippen molar-refractivity contribution in [3.63, 3.8) is 0 Å². The van der Waals surface area contributed by atoms with Gasteiger partial charge in [0.05, 0.1) is 13.2 Å². The van der Waals surface area contributed by atoms with Crippen LogP contribution in [-0.4, -0.2) is 29.1 Å². The van der Waals surface area contributed by atoms with E-state index < -0.39 is 5.66 Å². The third-order valence-corrected chi connectivity index (χ3v) is 0.889. The summed E-state index contributed by atoms with van der Waals surface area (Å²) in [6, 6.07) is 0. The van der Waals surface area contributed by atoms with E-state index in [1.165, 1.54) is 0 Å². The van der Waals surface area contributed by atoms with Crippen LogP contribution in [0.3, 0.4) is 0 Å². The fraction of sp³-hybridized carbons (Fsp3) is 1.00. The van der Waals surface area contributed by atoms with E-state index in [2.05, 4.69) is 10.2 Å². The topological polar surface area (TPSA) is 65.2 Å². The molecule has 0 fully saturated rings. The highest BCUT2D eigenvalue weighted by Crippen LogP contribution is 2.25. The Morgan fingerprint density at radius 3 is 1.57 bits per heavy atom. The van der Waals surface area contributed by atoms with Crippen LogP contribution in [0.15, 0.2) is 10.2 Å².